The molecule has 4 rings (SSSR count). The summed E-state index contributed by atoms with van der Waals surface area (Å²) < 4.78 is 11.5. The second-order valence-corrected chi connectivity index (χ2v) is 10.0. The predicted molar refractivity (Wildman–Crippen MR) is 127 cm³/mol. The number of morpholine rings is 1. The highest BCUT2D eigenvalue weighted by atomic mass is 32.2. The number of para-hydroxylation sites is 1. The van der Waals surface area contributed by atoms with Crippen molar-refractivity contribution in [3.63, 3.8) is 0 Å². The third kappa shape index (κ3) is 5.88. The molecule has 2 aromatic rings. The van der Waals surface area contributed by atoms with Crippen LogP contribution in [0.4, 0.5) is 0 Å². The molecule has 1 aromatic carbocycles. The number of ether oxygens (including phenoxy) is 2. The van der Waals surface area contributed by atoms with Crippen molar-refractivity contribution in [2.24, 2.45) is 0 Å². The number of rotatable bonds is 8. The quantitative estimate of drug-likeness (QED) is 0.611. The summed E-state index contributed by atoms with van der Waals surface area (Å²) in [6.45, 7) is 6.50. The summed E-state index contributed by atoms with van der Waals surface area (Å²) in [5.41, 5.74) is 1.84. The molecule has 1 N–H and O–H groups in total. The molecule has 0 bridgehead atoms. The highest BCUT2D eigenvalue weighted by Gasteiger charge is 2.40. The van der Waals surface area contributed by atoms with Crippen LogP contribution >= 0.6 is 23.1 Å². The number of nitrogens with one attached hydrogen (secondary N) is 1. The fraction of sp³-hybridized carbons (Fsp3) is 0.478. The van der Waals surface area contributed by atoms with Crippen LogP contribution in [-0.2, 0) is 16.1 Å². The first kappa shape index (κ1) is 22.3. The van der Waals surface area contributed by atoms with Gasteiger partial charge >= 0.3 is 0 Å². The molecular formula is C23H29N3O3S2. The Morgan fingerprint density at radius 3 is 2.94 bits per heavy atom. The number of aryl methyl sites for hydroxylation is 1. The molecule has 31 heavy (non-hydrogen) atoms. The van der Waals surface area contributed by atoms with E-state index < -0.39 is 0 Å². The molecule has 1 amide bonds. The third-order valence-electron chi connectivity index (χ3n) is 5.73. The van der Waals surface area contributed by atoms with Crippen molar-refractivity contribution in [2.45, 2.75) is 25.5 Å². The number of hydrogen-bond donors (Lipinski definition) is 1. The Labute approximate surface area is 192 Å². The molecule has 1 unspecified atom stereocenters. The van der Waals surface area contributed by atoms with E-state index >= 15 is 0 Å². The van der Waals surface area contributed by atoms with Crippen LogP contribution < -0.4 is 10.1 Å². The molecule has 3 heterocycles. The molecule has 0 saturated carbocycles. The van der Waals surface area contributed by atoms with E-state index in [1.54, 1.807) is 17.4 Å². The summed E-state index contributed by atoms with van der Waals surface area (Å²) in [7, 11) is 0. The Hall–Kier alpha value is -1.87. The van der Waals surface area contributed by atoms with E-state index in [2.05, 4.69) is 15.2 Å². The van der Waals surface area contributed by atoms with Crippen LogP contribution in [0, 0.1) is 6.92 Å². The number of carbonyl (C=O) groups excluding carboxylic acids is 1. The van der Waals surface area contributed by atoms with Crippen LogP contribution in [0.1, 0.15) is 22.7 Å². The lowest BCUT2D eigenvalue weighted by Gasteiger charge is -2.42. The van der Waals surface area contributed by atoms with Gasteiger partial charge in [-0.15, -0.1) is 11.3 Å². The molecular weight excluding hydrogens is 430 g/mol. The number of carbonyl (C=O) groups is 1. The van der Waals surface area contributed by atoms with Gasteiger partial charge in [0.05, 0.1) is 23.9 Å². The van der Waals surface area contributed by atoms with Gasteiger partial charge in [-0.25, -0.2) is 4.98 Å². The summed E-state index contributed by atoms with van der Waals surface area (Å²) in [6.07, 6.45) is 4.53. The maximum atomic E-state index is 12.6. The number of hydrogen-bond acceptors (Lipinski definition) is 7. The monoisotopic (exact) mass is 459 g/mol. The number of aromatic nitrogens is 1. The van der Waals surface area contributed by atoms with E-state index in [0.29, 0.717) is 13.2 Å². The largest absolute Gasteiger partial charge is 0.487 e. The molecule has 0 aliphatic carbocycles. The van der Waals surface area contributed by atoms with E-state index in [1.807, 2.05) is 54.4 Å². The van der Waals surface area contributed by atoms with Gasteiger partial charge in [-0.3, -0.25) is 9.69 Å². The second kappa shape index (κ2) is 10.6. The topological polar surface area (TPSA) is 63.7 Å². The molecule has 2 saturated heterocycles. The molecule has 6 nitrogen and oxygen atoms in total. The zero-order valence-corrected chi connectivity index (χ0v) is 19.5. The number of benzene rings is 1. The Balaban J connectivity index is 1.34. The van der Waals surface area contributed by atoms with Gasteiger partial charge in [-0.05, 0) is 31.2 Å². The van der Waals surface area contributed by atoms with Gasteiger partial charge in [0.15, 0.2) is 0 Å². The minimum Gasteiger partial charge on any atom is -0.487 e. The minimum atomic E-state index is -0.0746. The van der Waals surface area contributed by atoms with Gasteiger partial charge in [0, 0.05) is 47.9 Å². The normalized spacial score (nSPS) is 22.1. The molecule has 0 spiro atoms. The average molecular weight is 460 g/mol. The molecule has 1 aromatic heterocycles. The standard InChI is InChI=1S/C23H29N3O3S2/c1-18-25-20(15-31-18)14-29-21-5-3-2-4-19(21)6-7-22(27)24-16-23(8-13-30-17-23)26-9-11-28-12-10-26/h2-7,15H,8-14,16-17H2,1H3,(H,24,27)/b7-6+. The Morgan fingerprint density at radius 1 is 1.35 bits per heavy atom. The summed E-state index contributed by atoms with van der Waals surface area (Å²) >= 11 is 3.58. The number of amides is 1. The van der Waals surface area contributed by atoms with Crippen molar-refractivity contribution in [3.8, 4) is 5.75 Å². The zero-order chi connectivity index (χ0) is 21.5. The van der Waals surface area contributed by atoms with Crippen molar-refractivity contribution >= 4 is 35.1 Å². The first-order valence-corrected chi connectivity index (χ1v) is 12.7. The van der Waals surface area contributed by atoms with Gasteiger partial charge < -0.3 is 14.8 Å². The van der Waals surface area contributed by atoms with Crippen molar-refractivity contribution in [2.75, 3.05) is 44.4 Å². The van der Waals surface area contributed by atoms with Crippen LogP contribution in [0.2, 0.25) is 0 Å². The van der Waals surface area contributed by atoms with Gasteiger partial charge in [0.25, 0.3) is 0 Å². The number of thioether (sulfide) groups is 1. The van der Waals surface area contributed by atoms with E-state index in [-0.39, 0.29) is 11.4 Å². The third-order valence-corrected chi connectivity index (χ3v) is 7.79. The summed E-state index contributed by atoms with van der Waals surface area (Å²) in [5, 5.41) is 6.18. The zero-order valence-electron chi connectivity index (χ0n) is 17.8. The average Bonchev–Trinajstić information content (AvgIpc) is 3.46. The van der Waals surface area contributed by atoms with Crippen molar-refractivity contribution in [1.29, 1.82) is 0 Å². The summed E-state index contributed by atoms with van der Waals surface area (Å²) in [5.74, 6) is 2.87. The Morgan fingerprint density at radius 2 is 2.19 bits per heavy atom. The fourth-order valence-corrected chi connectivity index (χ4v) is 6.06. The smallest absolute Gasteiger partial charge is 0.244 e. The van der Waals surface area contributed by atoms with Gasteiger partial charge in [0.1, 0.15) is 12.4 Å². The molecule has 166 valence electrons. The Kier molecular flexibility index (Phi) is 7.66. The minimum absolute atomic E-state index is 0.0463. The lowest BCUT2D eigenvalue weighted by Crippen LogP contribution is -2.59. The fourth-order valence-electron chi connectivity index (χ4n) is 3.99. The van der Waals surface area contributed by atoms with Crippen molar-refractivity contribution in [1.82, 2.24) is 15.2 Å². The van der Waals surface area contributed by atoms with Crippen LogP contribution in [-0.4, -0.2) is 65.7 Å². The lowest BCUT2D eigenvalue weighted by atomic mass is 9.95. The van der Waals surface area contributed by atoms with Crippen LogP contribution in [0.5, 0.6) is 5.75 Å². The number of thiazole rings is 1. The molecule has 2 fully saturated rings. The highest BCUT2D eigenvalue weighted by Crippen LogP contribution is 2.33. The molecule has 0 radical (unpaired) electrons. The SMILES string of the molecule is Cc1nc(COc2ccccc2/C=C/C(=O)NCC2(N3CCOCC3)CCSC2)cs1. The van der Waals surface area contributed by atoms with E-state index in [0.717, 1.165) is 66.2 Å². The van der Waals surface area contributed by atoms with Gasteiger partial charge in [0.2, 0.25) is 5.91 Å². The van der Waals surface area contributed by atoms with E-state index in [1.165, 1.54) is 0 Å². The second-order valence-electron chi connectivity index (χ2n) is 7.86. The maximum absolute atomic E-state index is 12.6. The van der Waals surface area contributed by atoms with Crippen LogP contribution in [0.25, 0.3) is 6.08 Å². The van der Waals surface area contributed by atoms with Crippen molar-refractivity contribution in [3.05, 3.63) is 52.0 Å². The first-order chi connectivity index (χ1) is 15.1. The first-order valence-electron chi connectivity index (χ1n) is 10.6. The molecule has 1 atom stereocenters. The molecule has 2 aliphatic heterocycles. The van der Waals surface area contributed by atoms with Gasteiger partial charge in [-0.1, -0.05) is 18.2 Å². The molecule has 2 aliphatic rings. The summed E-state index contributed by atoms with van der Waals surface area (Å²) in [4.78, 5) is 19.5. The highest BCUT2D eigenvalue weighted by molar-refractivity contribution is 7.99. The van der Waals surface area contributed by atoms with E-state index in [4.69, 9.17) is 9.47 Å². The summed E-state index contributed by atoms with van der Waals surface area (Å²) in [6, 6.07) is 7.75. The molecule has 8 heteroatoms. The van der Waals surface area contributed by atoms with Crippen LogP contribution in [0.3, 0.4) is 0 Å². The lowest BCUT2D eigenvalue weighted by molar-refractivity contribution is -0.117. The maximum Gasteiger partial charge on any atom is 0.244 e. The van der Waals surface area contributed by atoms with Crippen molar-refractivity contribution < 1.29 is 14.3 Å². The van der Waals surface area contributed by atoms with Gasteiger partial charge in [-0.2, -0.15) is 11.8 Å². The Bertz CT molecular complexity index is 903. The number of nitrogens with zero attached hydrogens (tertiary/aromatic N) is 2. The predicted octanol–water partition coefficient (Wildman–Crippen LogP) is 3.37. The van der Waals surface area contributed by atoms with Crippen LogP contribution in [0.15, 0.2) is 35.7 Å². The van der Waals surface area contributed by atoms with E-state index in [9.17, 15) is 4.79 Å².